The van der Waals surface area contributed by atoms with E-state index in [1.807, 2.05) is 41.3 Å². The molecule has 1 fully saturated rings. The van der Waals surface area contributed by atoms with Crippen molar-refractivity contribution in [1.29, 1.82) is 0 Å². The number of fused-ring (bicyclic) bond motifs is 1. The predicted molar refractivity (Wildman–Crippen MR) is 132 cm³/mol. The number of amides is 2. The van der Waals surface area contributed by atoms with Crippen LogP contribution in [0.5, 0.6) is 0 Å². The summed E-state index contributed by atoms with van der Waals surface area (Å²) in [4.78, 5) is 28.7. The van der Waals surface area contributed by atoms with Crippen molar-refractivity contribution in [3.8, 4) is 0 Å². The molecule has 0 radical (unpaired) electrons. The minimum Gasteiger partial charge on any atom is -0.367 e. The quantitative estimate of drug-likeness (QED) is 0.615. The fourth-order valence-electron chi connectivity index (χ4n) is 4.43. The van der Waals surface area contributed by atoms with Crippen molar-refractivity contribution in [2.45, 2.75) is 13.0 Å². The van der Waals surface area contributed by atoms with Crippen molar-refractivity contribution in [2.24, 2.45) is 0 Å². The van der Waals surface area contributed by atoms with Crippen molar-refractivity contribution in [2.75, 3.05) is 41.3 Å². The number of nitrogens with one attached hydrogen (secondary N) is 2. The van der Waals surface area contributed by atoms with E-state index in [4.69, 9.17) is 11.6 Å². The standard InChI is InChI=1S/C26H25ClN4O2/c27-23-15-21(7-10-24(23)31-14-12-28-25(32)17-31)29-26(33)19-5-8-22(9-6-19)30-13-11-18-3-1-2-4-20(18)16-30/h1-10,15H,11-14,16-17H2,(H,28,32)(H,29,33). The Balaban J connectivity index is 1.24. The molecular formula is C26H25ClN4O2. The lowest BCUT2D eigenvalue weighted by Crippen LogP contribution is -2.47. The first-order valence-electron chi connectivity index (χ1n) is 11.1. The van der Waals surface area contributed by atoms with E-state index in [-0.39, 0.29) is 18.4 Å². The van der Waals surface area contributed by atoms with Crippen LogP contribution in [0.1, 0.15) is 21.5 Å². The summed E-state index contributed by atoms with van der Waals surface area (Å²) in [6.07, 6.45) is 1.03. The molecule has 0 atom stereocenters. The summed E-state index contributed by atoms with van der Waals surface area (Å²) in [5.74, 6) is -0.210. The highest BCUT2D eigenvalue weighted by atomic mass is 35.5. The van der Waals surface area contributed by atoms with Crippen LogP contribution in [-0.4, -0.2) is 38.0 Å². The minimum absolute atomic E-state index is 0.0214. The molecule has 1 saturated heterocycles. The zero-order chi connectivity index (χ0) is 22.8. The molecule has 2 aliphatic rings. The number of hydrogen-bond donors (Lipinski definition) is 2. The van der Waals surface area contributed by atoms with E-state index in [2.05, 4.69) is 39.8 Å². The van der Waals surface area contributed by atoms with Crippen LogP contribution >= 0.6 is 11.6 Å². The molecule has 0 unspecified atom stereocenters. The monoisotopic (exact) mass is 460 g/mol. The maximum atomic E-state index is 12.8. The van der Waals surface area contributed by atoms with Gasteiger partial charge >= 0.3 is 0 Å². The van der Waals surface area contributed by atoms with Gasteiger partial charge in [0.15, 0.2) is 0 Å². The highest BCUT2D eigenvalue weighted by Crippen LogP contribution is 2.30. The van der Waals surface area contributed by atoms with Gasteiger partial charge in [-0.3, -0.25) is 9.59 Å². The van der Waals surface area contributed by atoms with Gasteiger partial charge < -0.3 is 20.4 Å². The average molecular weight is 461 g/mol. The molecule has 2 aliphatic heterocycles. The van der Waals surface area contributed by atoms with Crippen molar-refractivity contribution < 1.29 is 9.59 Å². The summed E-state index contributed by atoms with van der Waals surface area (Å²) in [7, 11) is 0. The Labute approximate surface area is 198 Å². The third-order valence-electron chi connectivity index (χ3n) is 6.21. The topological polar surface area (TPSA) is 64.7 Å². The summed E-state index contributed by atoms with van der Waals surface area (Å²) in [5.41, 5.74) is 5.88. The van der Waals surface area contributed by atoms with Gasteiger partial charge in [-0.2, -0.15) is 0 Å². The zero-order valence-corrected chi connectivity index (χ0v) is 18.9. The maximum Gasteiger partial charge on any atom is 0.255 e. The van der Waals surface area contributed by atoms with Crippen LogP contribution in [0.25, 0.3) is 0 Å². The predicted octanol–water partition coefficient (Wildman–Crippen LogP) is 4.09. The first-order chi connectivity index (χ1) is 16.1. The third-order valence-corrected chi connectivity index (χ3v) is 6.51. The van der Waals surface area contributed by atoms with Crippen LogP contribution in [0.3, 0.4) is 0 Å². The molecule has 0 bridgehead atoms. The Morgan fingerprint density at radius 3 is 2.45 bits per heavy atom. The van der Waals surface area contributed by atoms with Crippen LogP contribution in [0.2, 0.25) is 5.02 Å². The van der Waals surface area contributed by atoms with Crippen LogP contribution in [0.15, 0.2) is 66.7 Å². The normalized spacial score (nSPS) is 15.6. The molecule has 2 N–H and O–H groups in total. The van der Waals surface area contributed by atoms with Gasteiger partial charge in [0, 0.05) is 43.1 Å². The second-order valence-electron chi connectivity index (χ2n) is 8.38. The molecule has 3 aromatic rings. The molecule has 7 heteroatoms. The second-order valence-corrected chi connectivity index (χ2v) is 8.79. The van der Waals surface area contributed by atoms with Crippen LogP contribution in [0, 0.1) is 0 Å². The average Bonchev–Trinajstić information content (AvgIpc) is 2.84. The number of benzene rings is 3. The summed E-state index contributed by atoms with van der Waals surface area (Å²) in [6.45, 7) is 3.41. The summed E-state index contributed by atoms with van der Waals surface area (Å²) < 4.78 is 0. The van der Waals surface area contributed by atoms with Crippen molar-refractivity contribution in [1.82, 2.24) is 5.32 Å². The maximum absolute atomic E-state index is 12.8. The lowest BCUT2D eigenvalue weighted by atomic mass is 9.99. The molecule has 0 aliphatic carbocycles. The number of carbonyl (C=O) groups is 2. The minimum atomic E-state index is -0.188. The van der Waals surface area contributed by atoms with Crippen LogP contribution in [-0.2, 0) is 17.8 Å². The summed E-state index contributed by atoms with van der Waals surface area (Å²) >= 11 is 6.45. The SMILES string of the molecule is O=C1CN(c2ccc(NC(=O)c3ccc(N4CCc5ccccc5C4)cc3)cc2Cl)CCN1. The lowest BCUT2D eigenvalue weighted by Gasteiger charge is -2.30. The first kappa shape index (κ1) is 21.3. The molecule has 2 amide bonds. The number of halogens is 1. The molecule has 3 aromatic carbocycles. The van der Waals surface area contributed by atoms with E-state index in [1.54, 1.807) is 6.07 Å². The Morgan fingerprint density at radius 2 is 1.70 bits per heavy atom. The molecule has 33 heavy (non-hydrogen) atoms. The van der Waals surface area contributed by atoms with Gasteiger partial charge in [-0.05, 0) is 60.0 Å². The Kier molecular flexibility index (Phi) is 5.92. The van der Waals surface area contributed by atoms with E-state index >= 15 is 0 Å². The molecule has 6 nitrogen and oxygen atoms in total. The van der Waals surface area contributed by atoms with Gasteiger partial charge in [0.25, 0.3) is 5.91 Å². The molecule has 168 valence electrons. The second kappa shape index (κ2) is 9.16. The molecule has 0 spiro atoms. The molecule has 0 saturated carbocycles. The Morgan fingerprint density at radius 1 is 0.909 bits per heavy atom. The lowest BCUT2D eigenvalue weighted by molar-refractivity contribution is -0.120. The number of carbonyl (C=O) groups excluding carboxylic acids is 2. The number of nitrogens with zero attached hydrogens (tertiary/aromatic N) is 2. The molecule has 0 aromatic heterocycles. The van der Waals surface area contributed by atoms with Crippen molar-refractivity contribution in [3.63, 3.8) is 0 Å². The van der Waals surface area contributed by atoms with Gasteiger partial charge in [0.05, 0.1) is 17.3 Å². The summed E-state index contributed by atoms with van der Waals surface area (Å²) in [6, 6.07) is 21.6. The number of anilines is 3. The number of hydrogen-bond acceptors (Lipinski definition) is 4. The smallest absolute Gasteiger partial charge is 0.255 e. The fraction of sp³-hybridized carbons (Fsp3) is 0.231. The largest absolute Gasteiger partial charge is 0.367 e. The Bertz CT molecular complexity index is 1200. The van der Waals surface area contributed by atoms with Gasteiger partial charge in [-0.25, -0.2) is 0 Å². The van der Waals surface area contributed by atoms with Crippen molar-refractivity contribution in [3.05, 3.63) is 88.4 Å². The van der Waals surface area contributed by atoms with Gasteiger partial charge in [0.1, 0.15) is 0 Å². The number of piperazine rings is 1. The van der Waals surface area contributed by atoms with E-state index in [9.17, 15) is 9.59 Å². The number of rotatable bonds is 4. The zero-order valence-electron chi connectivity index (χ0n) is 18.2. The van der Waals surface area contributed by atoms with Crippen molar-refractivity contribution >= 4 is 40.5 Å². The third kappa shape index (κ3) is 4.66. The van der Waals surface area contributed by atoms with E-state index in [0.717, 1.165) is 30.9 Å². The van der Waals surface area contributed by atoms with E-state index < -0.39 is 0 Å². The molecular weight excluding hydrogens is 436 g/mol. The van der Waals surface area contributed by atoms with Gasteiger partial charge in [0.2, 0.25) is 5.91 Å². The summed E-state index contributed by atoms with van der Waals surface area (Å²) in [5, 5.41) is 6.22. The van der Waals surface area contributed by atoms with Crippen LogP contribution < -0.4 is 20.4 Å². The van der Waals surface area contributed by atoms with Gasteiger partial charge in [-0.15, -0.1) is 0 Å². The van der Waals surface area contributed by atoms with Crippen LogP contribution in [0.4, 0.5) is 17.1 Å². The molecule has 5 rings (SSSR count). The fourth-order valence-corrected chi connectivity index (χ4v) is 4.73. The highest BCUT2D eigenvalue weighted by Gasteiger charge is 2.19. The highest BCUT2D eigenvalue weighted by molar-refractivity contribution is 6.33. The van der Waals surface area contributed by atoms with E-state index in [1.165, 1.54) is 11.1 Å². The first-order valence-corrected chi connectivity index (χ1v) is 11.5. The van der Waals surface area contributed by atoms with E-state index in [0.29, 0.717) is 29.4 Å². The Hall–Kier alpha value is -3.51. The van der Waals surface area contributed by atoms with Gasteiger partial charge in [-0.1, -0.05) is 35.9 Å². The molecule has 2 heterocycles.